The Balaban J connectivity index is 1.86. The Hall–Kier alpha value is -3.67. The van der Waals surface area contributed by atoms with Gasteiger partial charge in [0, 0.05) is 12.4 Å². The molecule has 1 amide bonds. The predicted molar refractivity (Wildman–Crippen MR) is 106 cm³/mol. The van der Waals surface area contributed by atoms with Gasteiger partial charge in [0.15, 0.2) is 0 Å². The van der Waals surface area contributed by atoms with Gasteiger partial charge in [-0.25, -0.2) is 0 Å². The molecule has 142 valence electrons. The number of hydrogen-bond donors (Lipinski definition) is 2. The number of phenols is 1. The van der Waals surface area contributed by atoms with Crippen molar-refractivity contribution in [3.8, 4) is 11.5 Å². The number of ether oxygens (including phenoxy) is 1. The van der Waals surface area contributed by atoms with E-state index >= 15 is 0 Å². The molecule has 3 rings (SSSR count). The minimum Gasteiger partial charge on any atom is -0.506 e. The number of para-hydroxylation sites is 2. The van der Waals surface area contributed by atoms with E-state index in [4.69, 9.17) is 4.74 Å². The van der Waals surface area contributed by atoms with Crippen LogP contribution in [0.15, 0.2) is 60.9 Å². The van der Waals surface area contributed by atoms with Crippen molar-refractivity contribution in [2.24, 2.45) is 0 Å². The van der Waals surface area contributed by atoms with Crippen LogP contribution in [0.4, 0.5) is 5.69 Å². The molecule has 0 aliphatic heterocycles. The highest BCUT2D eigenvalue weighted by Gasteiger charge is 2.20. The van der Waals surface area contributed by atoms with Crippen molar-refractivity contribution in [1.82, 2.24) is 4.98 Å². The van der Waals surface area contributed by atoms with Crippen molar-refractivity contribution in [3.63, 3.8) is 0 Å². The number of anilines is 1. The van der Waals surface area contributed by atoms with Gasteiger partial charge >= 0.3 is 5.97 Å². The van der Waals surface area contributed by atoms with E-state index in [1.54, 1.807) is 61.8 Å². The number of rotatable bonds is 5. The minimum atomic E-state index is -0.476. The van der Waals surface area contributed by atoms with Crippen LogP contribution in [-0.4, -0.2) is 22.0 Å². The summed E-state index contributed by atoms with van der Waals surface area (Å²) in [6.07, 6.45) is 3.27. The average Bonchev–Trinajstić information content (AvgIpc) is 2.68. The molecule has 0 spiro atoms. The van der Waals surface area contributed by atoms with Gasteiger partial charge in [-0.1, -0.05) is 18.2 Å². The molecule has 0 unspecified atom stereocenters. The smallest absolute Gasteiger partial charge is 0.315 e. The first kappa shape index (κ1) is 19.1. The normalized spacial score (nSPS) is 10.4. The summed E-state index contributed by atoms with van der Waals surface area (Å²) >= 11 is 0. The maximum atomic E-state index is 12.8. The summed E-state index contributed by atoms with van der Waals surface area (Å²) < 4.78 is 5.57. The second-order valence-electron chi connectivity index (χ2n) is 6.36. The zero-order valence-corrected chi connectivity index (χ0v) is 15.6. The number of hydrogen-bond acceptors (Lipinski definition) is 5. The number of carbonyl (C=O) groups is 2. The first-order valence-electron chi connectivity index (χ1n) is 8.75. The molecule has 6 heteroatoms. The van der Waals surface area contributed by atoms with Crippen molar-refractivity contribution >= 4 is 17.6 Å². The Morgan fingerprint density at radius 1 is 1.04 bits per heavy atom. The largest absolute Gasteiger partial charge is 0.506 e. The lowest BCUT2D eigenvalue weighted by Crippen LogP contribution is -2.18. The Morgan fingerprint density at radius 3 is 2.46 bits per heavy atom. The minimum absolute atomic E-state index is 0.0454. The summed E-state index contributed by atoms with van der Waals surface area (Å²) in [5.41, 5.74) is 2.86. The third kappa shape index (κ3) is 4.35. The summed E-state index contributed by atoms with van der Waals surface area (Å²) in [6, 6.07) is 13.3. The average molecular weight is 376 g/mol. The van der Waals surface area contributed by atoms with Gasteiger partial charge < -0.3 is 15.2 Å². The van der Waals surface area contributed by atoms with Crippen LogP contribution >= 0.6 is 0 Å². The molecule has 0 fully saturated rings. The van der Waals surface area contributed by atoms with Crippen LogP contribution in [0.3, 0.4) is 0 Å². The molecular weight excluding hydrogens is 356 g/mol. The lowest BCUT2D eigenvalue weighted by Gasteiger charge is -2.15. The van der Waals surface area contributed by atoms with E-state index in [1.807, 2.05) is 6.92 Å². The molecule has 0 bridgehead atoms. The van der Waals surface area contributed by atoms with Crippen molar-refractivity contribution in [2.45, 2.75) is 20.3 Å². The van der Waals surface area contributed by atoms with E-state index in [0.29, 0.717) is 5.56 Å². The fraction of sp³-hybridized carbons (Fsp3) is 0.136. The van der Waals surface area contributed by atoms with Gasteiger partial charge in [-0.05, 0) is 60.9 Å². The number of benzene rings is 2. The molecule has 28 heavy (non-hydrogen) atoms. The predicted octanol–water partition coefficient (Wildman–Crippen LogP) is 3.80. The van der Waals surface area contributed by atoms with Gasteiger partial charge in [0.25, 0.3) is 5.91 Å². The van der Waals surface area contributed by atoms with Gasteiger partial charge in [0.2, 0.25) is 0 Å². The molecule has 2 aromatic carbocycles. The number of aromatic nitrogens is 1. The quantitative estimate of drug-likeness (QED) is 0.402. The molecule has 1 aromatic heterocycles. The molecule has 0 atom stereocenters. The van der Waals surface area contributed by atoms with Gasteiger partial charge in [-0.15, -0.1) is 0 Å². The SMILES string of the molecule is Cc1ccc(C(=O)Nc2ccccc2O)c(OC(=O)Cc2ccncc2)c1C. The van der Waals surface area contributed by atoms with Gasteiger partial charge in [-0.2, -0.15) is 0 Å². The maximum absolute atomic E-state index is 12.8. The molecule has 1 heterocycles. The van der Waals surface area contributed by atoms with E-state index in [0.717, 1.165) is 11.1 Å². The summed E-state index contributed by atoms with van der Waals surface area (Å²) in [6.45, 7) is 3.67. The first-order chi connectivity index (χ1) is 13.5. The molecule has 6 nitrogen and oxygen atoms in total. The number of aromatic hydroxyl groups is 1. The van der Waals surface area contributed by atoms with Crippen LogP contribution in [0.1, 0.15) is 27.0 Å². The zero-order chi connectivity index (χ0) is 20.1. The van der Waals surface area contributed by atoms with Crippen LogP contribution in [-0.2, 0) is 11.2 Å². The number of esters is 1. The van der Waals surface area contributed by atoms with Gasteiger partial charge in [0.1, 0.15) is 11.5 Å². The molecule has 0 aliphatic carbocycles. The van der Waals surface area contributed by atoms with Crippen LogP contribution in [0, 0.1) is 13.8 Å². The van der Waals surface area contributed by atoms with Crippen LogP contribution in [0.25, 0.3) is 0 Å². The molecule has 0 aliphatic rings. The maximum Gasteiger partial charge on any atom is 0.315 e. The number of nitrogens with one attached hydrogen (secondary N) is 1. The van der Waals surface area contributed by atoms with Crippen LogP contribution in [0.5, 0.6) is 11.5 Å². The third-order valence-corrected chi connectivity index (χ3v) is 4.39. The van der Waals surface area contributed by atoms with Crippen molar-refractivity contribution in [2.75, 3.05) is 5.32 Å². The highest BCUT2D eigenvalue weighted by atomic mass is 16.5. The Morgan fingerprint density at radius 2 is 1.75 bits per heavy atom. The Bertz CT molecular complexity index is 1020. The topological polar surface area (TPSA) is 88.5 Å². The highest BCUT2D eigenvalue weighted by Crippen LogP contribution is 2.29. The van der Waals surface area contributed by atoms with E-state index in [2.05, 4.69) is 10.3 Å². The number of aryl methyl sites for hydroxylation is 1. The van der Waals surface area contributed by atoms with Crippen LogP contribution in [0.2, 0.25) is 0 Å². The fourth-order valence-corrected chi connectivity index (χ4v) is 2.69. The van der Waals surface area contributed by atoms with E-state index in [9.17, 15) is 14.7 Å². The summed E-state index contributed by atoms with van der Waals surface area (Å²) in [5.74, 6) is -0.782. The highest BCUT2D eigenvalue weighted by molar-refractivity contribution is 6.07. The Labute approximate surface area is 162 Å². The summed E-state index contributed by atoms with van der Waals surface area (Å²) in [4.78, 5) is 29.1. The molecule has 0 saturated heterocycles. The molecule has 2 N–H and O–H groups in total. The van der Waals surface area contributed by atoms with Crippen molar-refractivity contribution in [1.29, 1.82) is 0 Å². The Kier molecular flexibility index (Phi) is 5.69. The van der Waals surface area contributed by atoms with Crippen molar-refractivity contribution in [3.05, 3.63) is 83.2 Å². The summed E-state index contributed by atoms with van der Waals surface area (Å²) in [5, 5.41) is 12.5. The van der Waals surface area contributed by atoms with Crippen molar-refractivity contribution < 1.29 is 19.4 Å². The number of phenolic OH excluding ortho intramolecular Hbond substituents is 1. The lowest BCUT2D eigenvalue weighted by atomic mass is 10.0. The lowest BCUT2D eigenvalue weighted by molar-refractivity contribution is -0.133. The first-order valence-corrected chi connectivity index (χ1v) is 8.75. The number of pyridine rings is 1. The van der Waals surface area contributed by atoms with Gasteiger partial charge in [-0.3, -0.25) is 14.6 Å². The third-order valence-electron chi connectivity index (χ3n) is 4.39. The molecule has 0 saturated carbocycles. The summed E-state index contributed by atoms with van der Waals surface area (Å²) in [7, 11) is 0. The monoisotopic (exact) mass is 376 g/mol. The molecule has 0 radical (unpaired) electrons. The van der Waals surface area contributed by atoms with Gasteiger partial charge in [0.05, 0.1) is 17.7 Å². The molecular formula is C22H20N2O4. The molecule has 3 aromatic rings. The standard InChI is InChI=1S/C22H20N2O4/c1-14-7-8-17(22(27)24-18-5-3-4-6-19(18)25)21(15(14)2)28-20(26)13-16-9-11-23-12-10-16/h3-12,25H,13H2,1-2H3,(H,24,27). The van der Waals surface area contributed by atoms with E-state index in [1.165, 1.54) is 6.07 Å². The number of nitrogens with zero attached hydrogens (tertiary/aromatic N) is 1. The van der Waals surface area contributed by atoms with Crippen LogP contribution < -0.4 is 10.1 Å². The van der Waals surface area contributed by atoms with E-state index < -0.39 is 11.9 Å². The second kappa shape index (κ2) is 8.35. The zero-order valence-electron chi connectivity index (χ0n) is 15.6. The van der Waals surface area contributed by atoms with E-state index in [-0.39, 0.29) is 29.2 Å². The fourth-order valence-electron chi connectivity index (χ4n) is 2.69. The number of carbonyl (C=O) groups excluding carboxylic acids is 2. The number of amides is 1. The second-order valence-corrected chi connectivity index (χ2v) is 6.36.